The van der Waals surface area contributed by atoms with Gasteiger partial charge in [0.2, 0.25) is 0 Å². The molecule has 0 bridgehead atoms. The van der Waals surface area contributed by atoms with Gasteiger partial charge in [0.05, 0.1) is 0 Å². The van der Waals surface area contributed by atoms with Crippen molar-refractivity contribution in [1.29, 1.82) is 0 Å². The zero-order chi connectivity index (χ0) is 8.65. The van der Waals surface area contributed by atoms with Crippen LogP contribution in [0.15, 0.2) is 23.8 Å². The summed E-state index contributed by atoms with van der Waals surface area (Å²) in [6.45, 7) is 3.97. The monoisotopic (exact) mass is 166 g/mol. The molecule has 0 aromatic rings. The SMILES string of the molecule is CCCOCCCC1=CCC=C1. The third-order valence-corrected chi connectivity index (χ3v) is 1.95. The van der Waals surface area contributed by atoms with Crippen LogP contribution in [0.5, 0.6) is 0 Å². The minimum atomic E-state index is 0.912. The van der Waals surface area contributed by atoms with Gasteiger partial charge in [-0.3, -0.25) is 0 Å². The van der Waals surface area contributed by atoms with Gasteiger partial charge >= 0.3 is 0 Å². The summed E-state index contributed by atoms with van der Waals surface area (Å²) in [4.78, 5) is 0. The topological polar surface area (TPSA) is 9.23 Å². The quantitative estimate of drug-likeness (QED) is 0.551. The Morgan fingerprint density at radius 1 is 1.42 bits per heavy atom. The molecule has 0 spiro atoms. The summed E-state index contributed by atoms with van der Waals surface area (Å²) in [7, 11) is 0. The lowest BCUT2D eigenvalue weighted by Crippen LogP contribution is -1.95. The molecule has 0 fully saturated rings. The summed E-state index contributed by atoms with van der Waals surface area (Å²) in [5.41, 5.74) is 1.48. The van der Waals surface area contributed by atoms with Crippen LogP contribution in [0.2, 0.25) is 0 Å². The van der Waals surface area contributed by atoms with Gasteiger partial charge in [0, 0.05) is 13.2 Å². The predicted molar refractivity (Wildman–Crippen MR) is 52.2 cm³/mol. The van der Waals surface area contributed by atoms with E-state index in [4.69, 9.17) is 4.74 Å². The van der Waals surface area contributed by atoms with Gasteiger partial charge in [-0.2, -0.15) is 0 Å². The normalized spacial score (nSPS) is 15.2. The van der Waals surface area contributed by atoms with E-state index in [1.54, 1.807) is 0 Å². The Morgan fingerprint density at radius 3 is 3.00 bits per heavy atom. The molecule has 1 aliphatic carbocycles. The van der Waals surface area contributed by atoms with E-state index in [-0.39, 0.29) is 0 Å². The zero-order valence-corrected chi connectivity index (χ0v) is 7.88. The van der Waals surface area contributed by atoms with Crippen LogP contribution in [0.3, 0.4) is 0 Å². The van der Waals surface area contributed by atoms with Crippen LogP contribution in [0, 0.1) is 0 Å². The average Bonchev–Trinajstić information content (AvgIpc) is 2.57. The molecule has 0 N–H and O–H groups in total. The number of ether oxygens (including phenoxy) is 1. The Morgan fingerprint density at radius 2 is 2.33 bits per heavy atom. The smallest absolute Gasteiger partial charge is 0.0469 e. The molecule has 1 rings (SSSR count). The summed E-state index contributed by atoms with van der Waals surface area (Å²) >= 11 is 0. The Labute approximate surface area is 75.1 Å². The standard InChI is InChI=1S/C11H18O/c1-2-9-12-10-5-8-11-6-3-4-7-11/h3,6-7H,2,4-5,8-10H2,1H3. The summed E-state index contributed by atoms with van der Waals surface area (Å²) < 4.78 is 5.39. The Hall–Kier alpha value is -0.560. The fraction of sp³-hybridized carbons (Fsp3) is 0.636. The van der Waals surface area contributed by atoms with Gasteiger partial charge in [0.1, 0.15) is 0 Å². The van der Waals surface area contributed by atoms with E-state index in [9.17, 15) is 0 Å². The zero-order valence-electron chi connectivity index (χ0n) is 7.88. The van der Waals surface area contributed by atoms with E-state index in [1.165, 1.54) is 12.0 Å². The van der Waals surface area contributed by atoms with E-state index >= 15 is 0 Å². The van der Waals surface area contributed by atoms with Gasteiger partial charge in [0.15, 0.2) is 0 Å². The minimum absolute atomic E-state index is 0.912. The van der Waals surface area contributed by atoms with Gasteiger partial charge in [0.25, 0.3) is 0 Å². The maximum absolute atomic E-state index is 5.39. The summed E-state index contributed by atoms with van der Waals surface area (Å²) in [5.74, 6) is 0. The molecule has 0 saturated heterocycles. The molecule has 1 heteroatoms. The predicted octanol–water partition coefficient (Wildman–Crippen LogP) is 3.08. The van der Waals surface area contributed by atoms with Gasteiger partial charge in [-0.25, -0.2) is 0 Å². The first-order valence-electron chi connectivity index (χ1n) is 4.87. The van der Waals surface area contributed by atoms with E-state index in [2.05, 4.69) is 25.2 Å². The summed E-state index contributed by atoms with van der Waals surface area (Å²) in [6, 6.07) is 0. The molecule has 0 saturated carbocycles. The molecule has 0 amide bonds. The molecule has 0 unspecified atom stereocenters. The highest BCUT2D eigenvalue weighted by Gasteiger charge is 1.96. The molecule has 0 atom stereocenters. The second-order valence-electron chi connectivity index (χ2n) is 3.13. The van der Waals surface area contributed by atoms with Crippen LogP contribution in [-0.4, -0.2) is 13.2 Å². The molecule has 12 heavy (non-hydrogen) atoms. The largest absolute Gasteiger partial charge is 0.381 e. The fourth-order valence-electron chi connectivity index (χ4n) is 1.32. The van der Waals surface area contributed by atoms with Crippen molar-refractivity contribution in [3.05, 3.63) is 23.8 Å². The number of hydrogen-bond donors (Lipinski definition) is 0. The maximum Gasteiger partial charge on any atom is 0.0469 e. The third kappa shape index (κ3) is 3.72. The second-order valence-corrected chi connectivity index (χ2v) is 3.13. The van der Waals surface area contributed by atoms with Crippen LogP contribution in [0.25, 0.3) is 0 Å². The van der Waals surface area contributed by atoms with Crippen molar-refractivity contribution in [2.75, 3.05) is 13.2 Å². The minimum Gasteiger partial charge on any atom is -0.381 e. The van der Waals surface area contributed by atoms with E-state index in [0.717, 1.165) is 32.5 Å². The van der Waals surface area contributed by atoms with E-state index < -0.39 is 0 Å². The summed E-state index contributed by atoms with van der Waals surface area (Å²) in [6.07, 6.45) is 11.3. The Bertz CT molecular complexity index is 168. The van der Waals surface area contributed by atoms with Gasteiger partial charge in [-0.05, 0) is 25.7 Å². The van der Waals surface area contributed by atoms with Crippen molar-refractivity contribution < 1.29 is 4.74 Å². The Balaban J connectivity index is 1.92. The van der Waals surface area contributed by atoms with Crippen LogP contribution >= 0.6 is 0 Å². The molecule has 0 aliphatic heterocycles. The summed E-state index contributed by atoms with van der Waals surface area (Å²) in [5, 5.41) is 0. The van der Waals surface area contributed by atoms with Gasteiger partial charge < -0.3 is 4.74 Å². The molecule has 0 heterocycles. The lowest BCUT2D eigenvalue weighted by molar-refractivity contribution is 0.133. The van der Waals surface area contributed by atoms with Crippen LogP contribution in [-0.2, 0) is 4.74 Å². The van der Waals surface area contributed by atoms with Crippen molar-refractivity contribution in [2.45, 2.75) is 32.6 Å². The first kappa shape index (κ1) is 9.53. The maximum atomic E-state index is 5.39. The molecule has 68 valence electrons. The van der Waals surface area contributed by atoms with Crippen molar-refractivity contribution in [2.24, 2.45) is 0 Å². The number of rotatable bonds is 6. The molecule has 0 aromatic heterocycles. The molecular weight excluding hydrogens is 148 g/mol. The lowest BCUT2D eigenvalue weighted by Gasteiger charge is -2.01. The fourth-order valence-corrected chi connectivity index (χ4v) is 1.32. The first-order valence-corrected chi connectivity index (χ1v) is 4.87. The molecule has 1 nitrogen and oxygen atoms in total. The van der Waals surface area contributed by atoms with Crippen molar-refractivity contribution in [3.8, 4) is 0 Å². The van der Waals surface area contributed by atoms with Crippen molar-refractivity contribution in [1.82, 2.24) is 0 Å². The average molecular weight is 166 g/mol. The molecule has 1 aliphatic rings. The Kier molecular flexibility index (Phi) is 4.77. The van der Waals surface area contributed by atoms with Crippen molar-refractivity contribution in [3.63, 3.8) is 0 Å². The highest BCUT2D eigenvalue weighted by atomic mass is 16.5. The second kappa shape index (κ2) is 6.01. The van der Waals surface area contributed by atoms with Crippen LogP contribution in [0.1, 0.15) is 32.6 Å². The molecule has 0 radical (unpaired) electrons. The third-order valence-electron chi connectivity index (χ3n) is 1.95. The van der Waals surface area contributed by atoms with E-state index in [1.807, 2.05) is 0 Å². The highest BCUT2D eigenvalue weighted by Crippen LogP contribution is 2.14. The van der Waals surface area contributed by atoms with Crippen LogP contribution < -0.4 is 0 Å². The molecule has 0 aromatic carbocycles. The highest BCUT2D eigenvalue weighted by molar-refractivity contribution is 5.25. The number of allylic oxidation sites excluding steroid dienone is 4. The van der Waals surface area contributed by atoms with Crippen LogP contribution in [0.4, 0.5) is 0 Å². The first-order chi connectivity index (χ1) is 5.93. The van der Waals surface area contributed by atoms with Gasteiger partial charge in [-0.15, -0.1) is 0 Å². The van der Waals surface area contributed by atoms with Crippen molar-refractivity contribution >= 4 is 0 Å². The molecular formula is C11H18O. The lowest BCUT2D eigenvalue weighted by atomic mass is 10.2. The van der Waals surface area contributed by atoms with Gasteiger partial charge in [-0.1, -0.05) is 30.7 Å². The number of hydrogen-bond acceptors (Lipinski definition) is 1. The van der Waals surface area contributed by atoms with E-state index in [0.29, 0.717) is 0 Å².